The summed E-state index contributed by atoms with van der Waals surface area (Å²) in [5.41, 5.74) is 1.40. The maximum atomic E-state index is 12.5. The molecule has 33 heavy (non-hydrogen) atoms. The molecule has 2 aromatic rings. The van der Waals surface area contributed by atoms with E-state index in [2.05, 4.69) is 0 Å². The lowest BCUT2D eigenvalue weighted by atomic mass is 9.89. The molecule has 2 aromatic carbocycles. The fourth-order valence-corrected chi connectivity index (χ4v) is 3.37. The van der Waals surface area contributed by atoms with Crippen molar-refractivity contribution < 1.29 is 33.5 Å². The van der Waals surface area contributed by atoms with Gasteiger partial charge in [0.2, 0.25) is 6.29 Å². The summed E-state index contributed by atoms with van der Waals surface area (Å²) in [6, 6.07) is 15.5. The second kappa shape index (κ2) is 10.9. The molecule has 2 unspecified atom stereocenters. The molecular weight excluding hydrogens is 430 g/mol. The second-order valence-corrected chi connectivity index (χ2v) is 7.15. The van der Waals surface area contributed by atoms with E-state index >= 15 is 0 Å². The minimum Gasteiger partial charge on any atom is -0.468 e. The van der Waals surface area contributed by atoms with Crippen molar-refractivity contribution in [1.29, 1.82) is 0 Å². The van der Waals surface area contributed by atoms with Crippen LogP contribution >= 0.6 is 0 Å². The van der Waals surface area contributed by atoms with E-state index in [4.69, 9.17) is 18.9 Å². The molecule has 1 aliphatic heterocycles. The minimum absolute atomic E-state index is 0.0891. The van der Waals surface area contributed by atoms with Crippen LogP contribution in [0.25, 0.3) is 6.08 Å². The highest BCUT2D eigenvalue weighted by molar-refractivity contribution is 5.96. The fraction of sp³-hybridized carbons (Fsp3) is 0.250. The Hall–Kier alpha value is -4.14. The third-order valence-electron chi connectivity index (χ3n) is 5.02. The molecule has 2 atom stereocenters. The van der Waals surface area contributed by atoms with Crippen LogP contribution in [0.2, 0.25) is 0 Å². The van der Waals surface area contributed by atoms with Gasteiger partial charge in [-0.2, -0.15) is 0 Å². The Kier molecular flexibility index (Phi) is 7.80. The Morgan fingerprint density at radius 3 is 2.42 bits per heavy atom. The number of benzene rings is 2. The zero-order valence-corrected chi connectivity index (χ0v) is 18.1. The summed E-state index contributed by atoms with van der Waals surface area (Å²) < 4.78 is 21.2. The Bertz CT molecular complexity index is 1050. The van der Waals surface area contributed by atoms with Gasteiger partial charge >= 0.3 is 11.9 Å². The van der Waals surface area contributed by atoms with Gasteiger partial charge in [0.25, 0.3) is 5.69 Å². The van der Waals surface area contributed by atoms with Crippen molar-refractivity contribution in [3.8, 4) is 0 Å². The number of carbonyl (C=O) groups is 2. The van der Waals surface area contributed by atoms with E-state index in [-0.39, 0.29) is 11.4 Å². The normalized spacial score (nSPS) is 16.0. The van der Waals surface area contributed by atoms with Crippen molar-refractivity contribution in [3.05, 3.63) is 93.9 Å². The number of rotatable bonds is 9. The number of esters is 2. The van der Waals surface area contributed by atoms with Gasteiger partial charge in [0, 0.05) is 18.6 Å². The fourth-order valence-electron chi connectivity index (χ4n) is 3.37. The van der Waals surface area contributed by atoms with Crippen molar-refractivity contribution in [2.24, 2.45) is 11.8 Å². The van der Waals surface area contributed by atoms with Gasteiger partial charge in [0.15, 0.2) is 5.92 Å². The third kappa shape index (κ3) is 5.97. The molecule has 1 aliphatic rings. The topological polar surface area (TPSA) is 114 Å². The molecule has 0 bridgehead atoms. The van der Waals surface area contributed by atoms with E-state index < -0.39 is 35.0 Å². The molecule has 9 nitrogen and oxygen atoms in total. The number of hydrogen-bond donors (Lipinski definition) is 0. The number of ether oxygens (including phenoxy) is 4. The van der Waals surface area contributed by atoms with Crippen molar-refractivity contribution in [2.45, 2.75) is 12.7 Å². The quantitative estimate of drug-likeness (QED) is 0.245. The van der Waals surface area contributed by atoms with Crippen LogP contribution in [-0.2, 0) is 35.0 Å². The number of allylic oxidation sites excluding steroid dienone is 1. The first-order valence-electron chi connectivity index (χ1n) is 10.1. The van der Waals surface area contributed by atoms with Gasteiger partial charge < -0.3 is 18.9 Å². The highest BCUT2D eigenvalue weighted by atomic mass is 16.7. The largest absolute Gasteiger partial charge is 0.468 e. The molecule has 0 saturated carbocycles. The second-order valence-electron chi connectivity index (χ2n) is 7.15. The van der Waals surface area contributed by atoms with Gasteiger partial charge in [-0.3, -0.25) is 19.7 Å². The number of nitro benzene ring substituents is 1. The Labute approximate surface area is 190 Å². The van der Waals surface area contributed by atoms with E-state index in [1.807, 2.05) is 30.3 Å². The maximum absolute atomic E-state index is 12.5. The number of carbonyl (C=O) groups excluding carboxylic acids is 2. The lowest BCUT2D eigenvalue weighted by Crippen LogP contribution is -2.34. The molecular formula is C24H23NO8. The number of non-ortho nitro benzene ring substituents is 1. The van der Waals surface area contributed by atoms with E-state index in [1.54, 1.807) is 12.1 Å². The Morgan fingerprint density at radius 1 is 1.09 bits per heavy atom. The molecule has 0 aliphatic carbocycles. The molecule has 0 N–H and O–H groups in total. The summed E-state index contributed by atoms with van der Waals surface area (Å²) in [5.74, 6) is -3.68. The highest BCUT2D eigenvalue weighted by Gasteiger charge is 2.41. The highest BCUT2D eigenvalue weighted by Crippen LogP contribution is 2.32. The first kappa shape index (κ1) is 23.5. The van der Waals surface area contributed by atoms with E-state index in [1.165, 1.54) is 30.5 Å². The molecule has 0 amide bonds. The van der Waals surface area contributed by atoms with Crippen LogP contribution in [-0.4, -0.2) is 37.4 Å². The number of nitrogens with zero attached hydrogens (tertiary/aromatic N) is 1. The summed E-state index contributed by atoms with van der Waals surface area (Å²) in [7, 11) is 2.33. The molecule has 3 rings (SSSR count). The van der Waals surface area contributed by atoms with E-state index in [0.717, 1.165) is 19.8 Å². The van der Waals surface area contributed by atoms with Crippen LogP contribution in [0.4, 0.5) is 5.69 Å². The van der Waals surface area contributed by atoms with Gasteiger partial charge in [-0.15, -0.1) is 0 Å². The van der Waals surface area contributed by atoms with Crippen molar-refractivity contribution in [3.63, 3.8) is 0 Å². The molecule has 9 heteroatoms. The molecule has 172 valence electrons. The van der Waals surface area contributed by atoms with Crippen LogP contribution in [0, 0.1) is 22.0 Å². The summed E-state index contributed by atoms with van der Waals surface area (Å²) >= 11 is 0. The SMILES string of the molecule is COC(=O)C(C(=O)OC)C(C=Cc1cccc([N+](=O)[O-])c1)C1=COC(Cc2ccccc2)O1. The van der Waals surface area contributed by atoms with Gasteiger partial charge in [-0.25, -0.2) is 0 Å². The molecule has 0 saturated heterocycles. The van der Waals surface area contributed by atoms with Gasteiger partial charge in [-0.1, -0.05) is 54.6 Å². The predicted molar refractivity (Wildman–Crippen MR) is 117 cm³/mol. The lowest BCUT2D eigenvalue weighted by Gasteiger charge is -2.21. The summed E-state index contributed by atoms with van der Waals surface area (Å²) in [6.45, 7) is 0. The van der Waals surface area contributed by atoms with Crippen molar-refractivity contribution >= 4 is 23.7 Å². The number of nitro groups is 1. The average Bonchev–Trinajstić information content (AvgIpc) is 3.29. The molecule has 0 aromatic heterocycles. The van der Waals surface area contributed by atoms with Gasteiger partial charge in [0.1, 0.15) is 12.0 Å². The Balaban J connectivity index is 1.88. The molecule has 0 radical (unpaired) electrons. The summed E-state index contributed by atoms with van der Waals surface area (Å²) in [4.78, 5) is 35.5. The summed E-state index contributed by atoms with van der Waals surface area (Å²) in [5, 5.41) is 11.1. The zero-order chi connectivity index (χ0) is 23.8. The standard InChI is InChI=1S/C24H23NO8/c1-30-23(26)22(24(27)31-2)19(12-11-17-9-6-10-18(13-17)25(28)29)20-15-32-21(33-20)14-16-7-4-3-5-8-16/h3-13,15,19,21-22H,14H2,1-2H3. The monoisotopic (exact) mass is 453 g/mol. The maximum Gasteiger partial charge on any atom is 0.321 e. The van der Waals surface area contributed by atoms with Crippen molar-refractivity contribution in [1.82, 2.24) is 0 Å². The third-order valence-corrected chi connectivity index (χ3v) is 5.02. The van der Waals surface area contributed by atoms with E-state index in [9.17, 15) is 19.7 Å². The van der Waals surface area contributed by atoms with Crippen LogP contribution in [0.15, 0.2) is 72.7 Å². The van der Waals surface area contributed by atoms with E-state index in [0.29, 0.717) is 12.0 Å². The summed E-state index contributed by atoms with van der Waals surface area (Å²) in [6.07, 6.45) is 4.26. The molecule has 1 heterocycles. The first-order valence-corrected chi connectivity index (χ1v) is 10.1. The van der Waals surface area contributed by atoms with Gasteiger partial charge in [-0.05, 0) is 11.1 Å². The predicted octanol–water partition coefficient (Wildman–Crippen LogP) is 3.64. The Morgan fingerprint density at radius 2 is 1.79 bits per heavy atom. The number of methoxy groups -OCH3 is 2. The zero-order valence-electron chi connectivity index (χ0n) is 18.1. The lowest BCUT2D eigenvalue weighted by molar-refractivity contribution is -0.384. The van der Waals surface area contributed by atoms with Crippen LogP contribution in [0.5, 0.6) is 0 Å². The minimum atomic E-state index is -1.36. The molecule has 0 spiro atoms. The van der Waals surface area contributed by atoms with Crippen molar-refractivity contribution in [2.75, 3.05) is 14.2 Å². The van der Waals surface area contributed by atoms with Crippen LogP contribution in [0.3, 0.4) is 0 Å². The smallest absolute Gasteiger partial charge is 0.321 e. The van der Waals surface area contributed by atoms with Gasteiger partial charge in [0.05, 0.1) is 25.1 Å². The van der Waals surface area contributed by atoms with Crippen LogP contribution in [0.1, 0.15) is 11.1 Å². The van der Waals surface area contributed by atoms with Crippen LogP contribution < -0.4 is 0 Å². The first-order chi connectivity index (χ1) is 15.9. The molecule has 0 fully saturated rings. The number of hydrogen-bond acceptors (Lipinski definition) is 8. The average molecular weight is 453 g/mol.